The molecule has 1 radical (unpaired) electrons. The molecule has 0 aromatic carbocycles. The summed E-state index contributed by atoms with van der Waals surface area (Å²) >= 11 is 0. The van der Waals surface area contributed by atoms with Crippen LogP contribution in [0, 0.1) is 0 Å². The molecule has 1 aliphatic carbocycles. The Morgan fingerprint density at radius 2 is 1.53 bits per heavy atom. The molecule has 1 saturated carbocycles. The summed E-state index contributed by atoms with van der Waals surface area (Å²) in [5, 5.41) is 0. The summed E-state index contributed by atoms with van der Waals surface area (Å²) in [6.45, 7) is 9.04. The van der Waals surface area contributed by atoms with E-state index < -0.39 is 0 Å². The van der Waals surface area contributed by atoms with Crippen LogP contribution in [0.15, 0.2) is 11.5 Å². The maximum absolute atomic E-state index is 2.43. The molecule has 1 nitrogen and oxygen atoms in total. The van der Waals surface area contributed by atoms with Gasteiger partial charge in [-0.1, -0.05) is 39.7 Å². The van der Waals surface area contributed by atoms with Gasteiger partial charge in [-0.3, -0.25) is 0 Å². The van der Waals surface area contributed by atoms with Gasteiger partial charge in [0.1, 0.15) is 0 Å². The van der Waals surface area contributed by atoms with Gasteiger partial charge in [-0.05, 0) is 37.8 Å². The van der Waals surface area contributed by atoms with E-state index in [2.05, 4.69) is 45.9 Å². The summed E-state index contributed by atoms with van der Waals surface area (Å²) < 4.78 is 0. The van der Waals surface area contributed by atoms with Crippen molar-refractivity contribution in [3.8, 4) is 0 Å². The molecule has 2 heteroatoms. The highest BCUT2D eigenvalue weighted by molar-refractivity contribution is 6.39. The van der Waals surface area contributed by atoms with E-state index in [1.165, 1.54) is 32.1 Å². The highest BCUT2D eigenvalue weighted by Crippen LogP contribution is 2.22. The van der Waals surface area contributed by atoms with Crippen molar-refractivity contribution in [1.29, 1.82) is 0 Å². The number of hydrogen-bond donors (Lipinski definition) is 0. The average Bonchev–Trinajstić information content (AvgIpc) is 2.18. The summed E-state index contributed by atoms with van der Waals surface area (Å²) in [7, 11) is 2.30. The lowest BCUT2D eigenvalue weighted by molar-refractivity contribution is 0.315. The molecule has 0 amide bonds. The monoisotopic (exact) mass is 206 g/mol. The van der Waals surface area contributed by atoms with Gasteiger partial charge in [0.2, 0.25) is 7.41 Å². The van der Waals surface area contributed by atoms with E-state index in [0.29, 0.717) is 12.1 Å². The standard InChI is InChI=1S/C13H25BN/c1-11(2)15(12(3)4)14-10-13-8-6-5-7-9-13/h10-12H,5-9H2,1-4H3. The van der Waals surface area contributed by atoms with Crippen LogP contribution in [0.3, 0.4) is 0 Å². The molecule has 0 aromatic heterocycles. The normalized spacial score (nSPS) is 17.7. The second-order valence-electron chi connectivity index (χ2n) is 5.17. The van der Waals surface area contributed by atoms with Crippen LogP contribution in [0.4, 0.5) is 0 Å². The van der Waals surface area contributed by atoms with Crippen molar-refractivity contribution in [3.05, 3.63) is 11.5 Å². The Kier molecular flexibility index (Phi) is 5.45. The zero-order valence-corrected chi connectivity index (χ0v) is 10.8. The van der Waals surface area contributed by atoms with Gasteiger partial charge < -0.3 is 4.81 Å². The Hall–Kier alpha value is -0.235. The van der Waals surface area contributed by atoms with Gasteiger partial charge >= 0.3 is 0 Å². The van der Waals surface area contributed by atoms with Crippen LogP contribution >= 0.6 is 0 Å². The van der Waals surface area contributed by atoms with Crippen molar-refractivity contribution in [2.75, 3.05) is 0 Å². The van der Waals surface area contributed by atoms with Gasteiger partial charge in [-0.25, -0.2) is 0 Å². The summed E-state index contributed by atoms with van der Waals surface area (Å²) in [5.74, 6) is 2.36. The molecule has 0 aliphatic heterocycles. The van der Waals surface area contributed by atoms with Crippen LogP contribution in [0.2, 0.25) is 0 Å². The fourth-order valence-corrected chi connectivity index (χ4v) is 2.30. The number of nitrogens with zero attached hydrogens (tertiary/aromatic N) is 1. The van der Waals surface area contributed by atoms with Crippen LogP contribution in [0.1, 0.15) is 59.8 Å². The first kappa shape index (κ1) is 12.8. The molecule has 0 spiro atoms. The van der Waals surface area contributed by atoms with Crippen molar-refractivity contribution in [2.24, 2.45) is 0 Å². The highest BCUT2D eigenvalue weighted by atomic mass is 15.1. The van der Waals surface area contributed by atoms with Gasteiger partial charge in [0.05, 0.1) is 0 Å². The Bertz CT molecular complexity index is 193. The predicted molar refractivity (Wildman–Crippen MR) is 69.0 cm³/mol. The molecule has 0 N–H and O–H groups in total. The molecule has 1 aliphatic rings. The van der Waals surface area contributed by atoms with E-state index in [1.807, 2.05) is 0 Å². The second kappa shape index (κ2) is 6.37. The van der Waals surface area contributed by atoms with Crippen molar-refractivity contribution in [3.63, 3.8) is 0 Å². The maximum Gasteiger partial charge on any atom is 0.239 e. The first-order valence-electron chi connectivity index (χ1n) is 6.41. The number of allylic oxidation sites excluding steroid dienone is 1. The average molecular weight is 206 g/mol. The Morgan fingerprint density at radius 3 is 2.00 bits per heavy atom. The summed E-state index contributed by atoms with van der Waals surface area (Å²) in [5.41, 5.74) is 1.65. The Balaban J connectivity index is 2.44. The van der Waals surface area contributed by atoms with Crippen LogP contribution in [-0.2, 0) is 0 Å². The molecule has 1 fully saturated rings. The Labute approximate surface area is 96.2 Å². The summed E-state index contributed by atoms with van der Waals surface area (Å²) in [6, 6.07) is 1.20. The van der Waals surface area contributed by atoms with Gasteiger partial charge in [0.15, 0.2) is 0 Å². The first-order chi connectivity index (χ1) is 7.11. The number of rotatable bonds is 4. The quantitative estimate of drug-likeness (QED) is 0.635. The van der Waals surface area contributed by atoms with Gasteiger partial charge in [0, 0.05) is 0 Å². The van der Waals surface area contributed by atoms with Crippen molar-refractivity contribution in [1.82, 2.24) is 4.81 Å². The largest absolute Gasteiger partial charge is 0.338 e. The van der Waals surface area contributed by atoms with Crippen LogP contribution in [0.5, 0.6) is 0 Å². The lowest BCUT2D eigenvalue weighted by Crippen LogP contribution is -2.39. The molecule has 15 heavy (non-hydrogen) atoms. The highest BCUT2D eigenvalue weighted by Gasteiger charge is 2.13. The summed E-state index contributed by atoms with van der Waals surface area (Å²) in [4.78, 5) is 2.43. The third-order valence-corrected chi connectivity index (χ3v) is 3.17. The lowest BCUT2D eigenvalue weighted by Gasteiger charge is -2.29. The zero-order valence-electron chi connectivity index (χ0n) is 10.8. The molecular formula is C13H25BN. The third kappa shape index (κ3) is 4.42. The topological polar surface area (TPSA) is 3.24 Å². The fourth-order valence-electron chi connectivity index (χ4n) is 2.30. The molecule has 0 aromatic rings. The molecule has 0 unspecified atom stereocenters. The van der Waals surface area contributed by atoms with Crippen molar-refractivity contribution < 1.29 is 0 Å². The van der Waals surface area contributed by atoms with E-state index in [-0.39, 0.29) is 0 Å². The molecule has 1 rings (SSSR count). The van der Waals surface area contributed by atoms with E-state index in [4.69, 9.17) is 0 Å². The second-order valence-corrected chi connectivity index (χ2v) is 5.17. The minimum atomic E-state index is 0.602. The van der Waals surface area contributed by atoms with Crippen molar-refractivity contribution >= 4 is 7.41 Å². The molecule has 0 atom stereocenters. The maximum atomic E-state index is 2.43. The third-order valence-electron chi connectivity index (χ3n) is 3.17. The SMILES string of the molecule is CC(C)N([B]C=C1CCCCC1)C(C)C. The van der Waals surface area contributed by atoms with Gasteiger partial charge in [0.25, 0.3) is 0 Å². The zero-order chi connectivity index (χ0) is 11.3. The van der Waals surface area contributed by atoms with E-state index in [0.717, 1.165) is 0 Å². The van der Waals surface area contributed by atoms with Gasteiger partial charge in [-0.15, -0.1) is 5.98 Å². The van der Waals surface area contributed by atoms with E-state index in [9.17, 15) is 0 Å². The molecule has 0 heterocycles. The summed E-state index contributed by atoms with van der Waals surface area (Å²) in [6.07, 6.45) is 6.85. The van der Waals surface area contributed by atoms with Crippen LogP contribution in [-0.4, -0.2) is 24.3 Å². The lowest BCUT2D eigenvalue weighted by atomic mass is 9.81. The minimum Gasteiger partial charge on any atom is -0.338 e. The van der Waals surface area contributed by atoms with Crippen LogP contribution in [0.25, 0.3) is 0 Å². The van der Waals surface area contributed by atoms with E-state index in [1.54, 1.807) is 5.57 Å². The predicted octanol–water partition coefficient (Wildman–Crippen LogP) is 3.57. The first-order valence-corrected chi connectivity index (χ1v) is 6.41. The molecule has 85 valence electrons. The van der Waals surface area contributed by atoms with Crippen LogP contribution < -0.4 is 0 Å². The molecule has 0 saturated heterocycles. The molecule has 0 bridgehead atoms. The van der Waals surface area contributed by atoms with Crippen molar-refractivity contribution in [2.45, 2.75) is 71.9 Å². The Morgan fingerprint density at radius 1 is 1.00 bits per heavy atom. The van der Waals surface area contributed by atoms with E-state index >= 15 is 0 Å². The fraction of sp³-hybridized carbons (Fsp3) is 0.846. The van der Waals surface area contributed by atoms with Gasteiger partial charge in [-0.2, -0.15) is 0 Å². The smallest absolute Gasteiger partial charge is 0.239 e. The minimum absolute atomic E-state index is 0.602. The number of hydrogen-bond acceptors (Lipinski definition) is 1. The molecular weight excluding hydrogens is 181 g/mol.